The zero-order chi connectivity index (χ0) is 13.7. The van der Waals surface area contributed by atoms with E-state index in [1.54, 1.807) is 24.3 Å². The third-order valence-electron chi connectivity index (χ3n) is 3.26. The predicted octanol–water partition coefficient (Wildman–Crippen LogP) is 1.55. The van der Waals surface area contributed by atoms with Crippen LogP contribution in [0.25, 0.3) is 0 Å². The fraction of sp³-hybridized carbons (Fsp3) is 0.429. The molecule has 0 saturated carbocycles. The van der Waals surface area contributed by atoms with Gasteiger partial charge >= 0.3 is 0 Å². The Balaban J connectivity index is 1.95. The van der Waals surface area contributed by atoms with Crippen LogP contribution in [0.2, 0.25) is 0 Å². The Morgan fingerprint density at radius 3 is 2.89 bits per heavy atom. The second-order valence-electron chi connectivity index (χ2n) is 4.71. The van der Waals surface area contributed by atoms with Crippen LogP contribution in [0, 0.1) is 11.3 Å². The van der Waals surface area contributed by atoms with Crippen LogP contribution in [-0.4, -0.2) is 34.7 Å². The number of benzene rings is 1. The van der Waals surface area contributed by atoms with Crippen molar-refractivity contribution in [1.82, 2.24) is 5.32 Å². The minimum atomic E-state index is -0.784. The quantitative estimate of drug-likeness (QED) is 0.878. The summed E-state index contributed by atoms with van der Waals surface area (Å²) in [5.41, 5.74) is 0.126. The van der Waals surface area contributed by atoms with Crippen LogP contribution in [0.15, 0.2) is 24.3 Å². The normalized spacial score (nSPS) is 17.5. The van der Waals surface area contributed by atoms with Crippen molar-refractivity contribution in [3.63, 3.8) is 0 Å². The van der Waals surface area contributed by atoms with Gasteiger partial charge in [-0.05, 0) is 42.5 Å². The monoisotopic (exact) mass is 276 g/mol. The maximum absolute atomic E-state index is 12.0. The standard InChI is InChI=1S/C14H16N2O2S/c15-9-11-2-1-3-12(8-11)13(17)16-10-14(18)4-6-19-7-5-14/h1-3,8,18H,4-7,10H2,(H,16,17). The van der Waals surface area contributed by atoms with Crippen molar-refractivity contribution in [3.05, 3.63) is 35.4 Å². The van der Waals surface area contributed by atoms with Crippen molar-refractivity contribution in [2.75, 3.05) is 18.1 Å². The molecule has 19 heavy (non-hydrogen) atoms. The maximum atomic E-state index is 12.0. The number of hydrogen-bond acceptors (Lipinski definition) is 4. The molecule has 0 atom stereocenters. The number of nitriles is 1. The molecule has 0 spiro atoms. The zero-order valence-corrected chi connectivity index (χ0v) is 11.4. The topological polar surface area (TPSA) is 73.1 Å². The van der Waals surface area contributed by atoms with Gasteiger partial charge in [-0.2, -0.15) is 17.0 Å². The average Bonchev–Trinajstić information content (AvgIpc) is 2.46. The molecule has 1 aliphatic rings. The molecule has 2 rings (SSSR count). The number of thioether (sulfide) groups is 1. The summed E-state index contributed by atoms with van der Waals surface area (Å²) in [4.78, 5) is 12.0. The molecule has 0 bridgehead atoms. The number of nitrogens with zero attached hydrogens (tertiary/aromatic N) is 1. The number of hydrogen-bond donors (Lipinski definition) is 2. The van der Waals surface area contributed by atoms with Crippen LogP contribution in [-0.2, 0) is 0 Å². The largest absolute Gasteiger partial charge is 0.388 e. The molecule has 1 amide bonds. The third-order valence-corrected chi connectivity index (χ3v) is 4.24. The molecule has 5 heteroatoms. The number of amides is 1. The lowest BCUT2D eigenvalue weighted by Gasteiger charge is -2.31. The Bertz CT molecular complexity index is 504. The molecule has 0 radical (unpaired) electrons. The molecule has 1 saturated heterocycles. The van der Waals surface area contributed by atoms with E-state index in [9.17, 15) is 9.90 Å². The highest BCUT2D eigenvalue weighted by atomic mass is 32.2. The molecule has 100 valence electrons. The first-order chi connectivity index (χ1) is 9.13. The summed E-state index contributed by atoms with van der Waals surface area (Å²) in [6, 6.07) is 8.55. The van der Waals surface area contributed by atoms with E-state index in [1.807, 2.05) is 17.8 Å². The first kappa shape index (κ1) is 13.9. The van der Waals surface area contributed by atoms with Crippen molar-refractivity contribution in [2.24, 2.45) is 0 Å². The first-order valence-electron chi connectivity index (χ1n) is 6.21. The second kappa shape index (κ2) is 6.09. The van der Waals surface area contributed by atoms with Gasteiger partial charge < -0.3 is 10.4 Å². The molecule has 2 N–H and O–H groups in total. The highest BCUT2D eigenvalue weighted by Gasteiger charge is 2.29. The molecule has 1 aromatic rings. The summed E-state index contributed by atoms with van der Waals surface area (Å²) in [6.45, 7) is 0.267. The van der Waals surface area contributed by atoms with Gasteiger partial charge in [-0.15, -0.1) is 0 Å². The number of aliphatic hydroxyl groups is 1. The van der Waals surface area contributed by atoms with Gasteiger partial charge in [-0.1, -0.05) is 6.07 Å². The summed E-state index contributed by atoms with van der Waals surface area (Å²) in [5.74, 6) is 1.61. The molecular formula is C14H16N2O2S. The summed E-state index contributed by atoms with van der Waals surface area (Å²) < 4.78 is 0. The number of carbonyl (C=O) groups is 1. The fourth-order valence-corrected chi connectivity index (χ4v) is 3.26. The lowest BCUT2D eigenvalue weighted by atomic mass is 9.97. The highest BCUT2D eigenvalue weighted by molar-refractivity contribution is 7.99. The van der Waals surface area contributed by atoms with Crippen LogP contribution in [0.5, 0.6) is 0 Å². The van der Waals surface area contributed by atoms with Crippen molar-refractivity contribution in [1.29, 1.82) is 5.26 Å². The lowest BCUT2D eigenvalue weighted by Crippen LogP contribution is -2.45. The van der Waals surface area contributed by atoms with Crippen molar-refractivity contribution < 1.29 is 9.90 Å². The number of carbonyl (C=O) groups excluding carboxylic acids is 1. The van der Waals surface area contributed by atoms with Crippen molar-refractivity contribution in [2.45, 2.75) is 18.4 Å². The summed E-state index contributed by atoms with van der Waals surface area (Å²) >= 11 is 1.82. The Hall–Kier alpha value is -1.51. The van der Waals surface area contributed by atoms with Gasteiger partial charge in [-0.3, -0.25) is 4.79 Å². The molecule has 1 aliphatic heterocycles. The maximum Gasteiger partial charge on any atom is 0.251 e. The third kappa shape index (κ3) is 3.72. The van der Waals surface area contributed by atoms with E-state index in [0.717, 1.165) is 11.5 Å². The molecule has 1 fully saturated rings. The SMILES string of the molecule is N#Cc1cccc(C(=O)NCC2(O)CCSCC2)c1. The van der Waals surface area contributed by atoms with Gasteiger partial charge in [0.2, 0.25) is 0 Å². The van der Waals surface area contributed by atoms with Gasteiger partial charge in [0.25, 0.3) is 5.91 Å². The second-order valence-corrected chi connectivity index (χ2v) is 5.94. The molecule has 1 aromatic carbocycles. The Kier molecular flexibility index (Phi) is 4.46. The molecular weight excluding hydrogens is 260 g/mol. The van der Waals surface area contributed by atoms with Crippen LogP contribution in [0.3, 0.4) is 0 Å². The lowest BCUT2D eigenvalue weighted by molar-refractivity contribution is 0.0311. The van der Waals surface area contributed by atoms with E-state index in [0.29, 0.717) is 24.0 Å². The molecule has 0 aliphatic carbocycles. The van der Waals surface area contributed by atoms with E-state index >= 15 is 0 Å². The van der Waals surface area contributed by atoms with E-state index in [2.05, 4.69) is 5.32 Å². The zero-order valence-electron chi connectivity index (χ0n) is 10.6. The fourth-order valence-electron chi connectivity index (χ4n) is 2.00. The van der Waals surface area contributed by atoms with E-state index in [-0.39, 0.29) is 12.5 Å². The van der Waals surface area contributed by atoms with Crippen LogP contribution in [0.4, 0.5) is 0 Å². The Morgan fingerprint density at radius 2 is 2.21 bits per heavy atom. The van der Waals surface area contributed by atoms with Crippen LogP contribution >= 0.6 is 11.8 Å². The molecule has 1 heterocycles. The molecule has 0 aromatic heterocycles. The number of nitrogens with one attached hydrogen (secondary N) is 1. The van der Waals surface area contributed by atoms with Crippen LogP contribution < -0.4 is 5.32 Å². The predicted molar refractivity (Wildman–Crippen MR) is 75.0 cm³/mol. The van der Waals surface area contributed by atoms with Crippen molar-refractivity contribution in [3.8, 4) is 6.07 Å². The van der Waals surface area contributed by atoms with Gasteiger partial charge in [-0.25, -0.2) is 0 Å². The smallest absolute Gasteiger partial charge is 0.251 e. The van der Waals surface area contributed by atoms with Gasteiger partial charge in [0, 0.05) is 12.1 Å². The molecule has 0 unspecified atom stereocenters. The summed E-state index contributed by atoms with van der Waals surface area (Å²) in [5, 5.41) is 21.8. The van der Waals surface area contributed by atoms with E-state index in [4.69, 9.17) is 5.26 Å². The van der Waals surface area contributed by atoms with E-state index in [1.165, 1.54) is 0 Å². The first-order valence-corrected chi connectivity index (χ1v) is 7.37. The van der Waals surface area contributed by atoms with Gasteiger partial charge in [0.05, 0.1) is 17.2 Å². The van der Waals surface area contributed by atoms with Crippen molar-refractivity contribution >= 4 is 17.7 Å². The summed E-state index contributed by atoms with van der Waals surface area (Å²) in [6.07, 6.45) is 1.41. The Labute approximate surface area is 116 Å². The minimum Gasteiger partial charge on any atom is -0.388 e. The number of rotatable bonds is 3. The Morgan fingerprint density at radius 1 is 1.47 bits per heavy atom. The average molecular weight is 276 g/mol. The molecule has 4 nitrogen and oxygen atoms in total. The van der Waals surface area contributed by atoms with Gasteiger partial charge in [0.15, 0.2) is 0 Å². The van der Waals surface area contributed by atoms with Gasteiger partial charge in [0.1, 0.15) is 0 Å². The highest BCUT2D eigenvalue weighted by Crippen LogP contribution is 2.26. The minimum absolute atomic E-state index is 0.247. The van der Waals surface area contributed by atoms with Crippen LogP contribution in [0.1, 0.15) is 28.8 Å². The summed E-state index contributed by atoms with van der Waals surface area (Å²) in [7, 11) is 0. The van der Waals surface area contributed by atoms with E-state index < -0.39 is 5.60 Å².